The van der Waals surface area contributed by atoms with Gasteiger partial charge in [0.1, 0.15) is 5.71 Å². The standard InChI is InChI=1S/C22H32N4O2/c1-17(2)14-19(25-12-6-7-13-25)15-23-22(28)20-10-11-21(27)26(24-20)16-18-8-4-3-5-9-18/h3-5,8-9,17,19H,6-7,10-16H2,1-2H3,(H,23,28). The molecule has 0 aromatic heterocycles. The summed E-state index contributed by atoms with van der Waals surface area (Å²) in [5, 5.41) is 8.88. The number of rotatable bonds is 8. The minimum atomic E-state index is -0.140. The molecule has 2 aliphatic heterocycles. The Morgan fingerprint density at radius 1 is 1.14 bits per heavy atom. The molecule has 1 fully saturated rings. The summed E-state index contributed by atoms with van der Waals surface area (Å²) in [4.78, 5) is 27.4. The van der Waals surface area contributed by atoms with E-state index < -0.39 is 0 Å². The zero-order valence-electron chi connectivity index (χ0n) is 17.1. The van der Waals surface area contributed by atoms with Crippen molar-refractivity contribution in [3.05, 3.63) is 35.9 Å². The number of benzene rings is 1. The lowest BCUT2D eigenvalue weighted by Crippen LogP contribution is -2.46. The summed E-state index contributed by atoms with van der Waals surface area (Å²) in [6.07, 6.45) is 4.30. The van der Waals surface area contributed by atoms with Crippen molar-refractivity contribution in [2.75, 3.05) is 19.6 Å². The fourth-order valence-electron chi connectivity index (χ4n) is 3.97. The molecule has 1 unspecified atom stereocenters. The van der Waals surface area contributed by atoms with Crippen LogP contribution in [0, 0.1) is 5.92 Å². The van der Waals surface area contributed by atoms with Gasteiger partial charge in [-0.05, 0) is 43.8 Å². The van der Waals surface area contributed by atoms with E-state index in [-0.39, 0.29) is 11.8 Å². The zero-order chi connectivity index (χ0) is 19.9. The molecule has 1 N–H and O–H groups in total. The minimum Gasteiger partial charge on any atom is -0.349 e. The van der Waals surface area contributed by atoms with E-state index >= 15 is 0 Å². The third kappa shape index (κ3) is 5.64. The van der Waals surface area contributed by atoms with Gasteiger partial charge in [-0.15, -0.1) is 0 Å². The van der Waals surface area contributed by atoms with E-state index in [1.54, 1.807) is 0 Å². The number of hydrazone groups is 1. The highest BCUT2D eigenvalue weighted by atomic mass is 16.2. The first kappa shape index (κ1) is 20.5. The van der Waals surface area contributed by atoms with Gasteiger partial charge >= 0.3 is 0 Å². The van der Waals surface area contributed by atoms with Crippen LogP contribution in [0.5, 0.6) is 0 Å². The molecule has 1 saturated heterocycles. The molecular weight excluding hydrogens is 352 g/mol. The molecule has 2 amide bonds. The van der Waals surface area contributed by atoms with Crippen LogP contribution in [0.25, 0.3) is 0 Å². The van der Waals surface area contributed by atoms with E-state index in [0.717, 1.165) is 25.1 Å². The summed E-state index contributed by atoms with van der Waals surface area (Å²) in [6.45, 7) is 7.73. The number of hydrogen-bond donors (Lipinski definition) is 1. The maximum absolute atomic E-state index is 12.7. The summed E-state index contributed by atoms with van der Waals surface area (Å²) in [6, 6.07) is 10.1. The van der Waals surface area contributed by atoms with Crippen molar-refractivity contribution in [1.82, 2.24) is 15.2 Å². The SMILES string of the molecule is CC(C)CC(CNC(=O)C1=NN(Cc2ccccc2)C(=O)CC1)N1CCCC1. The largest absolute Gasteiger partial charge is 0.349 e. The smallest absolute Gasteiger partial charge is 0.267 e. The molecule has 2 aliphatic rings. The molecule has 1 aromatic rings. The normalized spacial score (nSPS) is 19.0. The number of carbonyl (C=O) groups excluding carboxylic acids is 2. The summed E-state index contributed by atoms with van der Waals surface area (Å²) in [7, 11) is 0. The topological polar surface area (TPSA) is 65.0 Å². The molecule has 2 heterocycles. The maximum atomic E-state index is 12.7. The van der Waals surface area contributed by atoms with Gasteiger partial charge in [0, 0.05) is 25.4 Å². The third-order valence-corrected chi connectivity index (χ3v) is 5.44. The van der Waals surface area contributed by atoms with E-state index in [2.05, 4.69) is 29.2 Å². The van der Waals surface area contributed by atoms with Crippen molar-refractivity contribution in [3.63, 3.8) is 0 Å². The van der Waals surface area contributed by atoms with Crippen LogP contribution in [-0.2, 0) is 16.1 Å². The molecule has 152 valence electrons. The molecule has 28 heavy (non-hydrogen) atoms. The van der Waals surface area contributed by atoms with Crippen LogP contribution in [0.1, 0.15) is 51.5 Å². The number of hydrogen-bond acceptors (Lipinski definition) is 4. The Hall–Kier alpha value is -2.21. The lowest BCUT2D eigenvalue weighted by Gasteiger charge is -2.29. The van der Waals surface area contributed by atoms with Crippen LogP contribution in [-0.4, -0.2) is 53.1 Å². The van der Waals surface area contributed by atoms with Crippen LogP contribution in [0.4, 0.5) is 0 Å². The van der Waals surface area contributed by atoms with Gasteiger partial charge in [0.25, 0.3) is 5.91 Å². The summed E-state index contributed by atoms with van der Waals surface area (Å²) in [5.74, 6) is 0.419. The molecular formula is C22H32N4O2. The predicted octanol–water partition coefficient (Wildman–Crippen LogP) is 2.79. The fourth-order valence-corrected chi connectivity index (χ4v) is 3.97. The van der Waals surface area contributed by atoms with Crippen molar-refractivity contribution < 1.29 is 9.59 Å². The third-order valence-electron chi connectivity index (χ3n) is 5.44. The molecule has 6 nitrogen and oxygen atoms in total. The number of carbonyl (C=O) groups is 2. The molecule has 0 aliphatic carbocycles. The van der Waals surface area contributed by atoms with Crippen LogP contribution in [0.15, 0.2) is 35.4 Å². The number of amides is 2. The lowest BCUT2D eigenvalue weighted by molar-refractivity contribution is -0.132. The van der Waals surface area contributed by atoms with Gasteiger partial charge in [0.2, 0.25) is 5.91 Å². The van der Waals surface area contributed by atoms with E-state index in [4.69, 9.17) is 0 Å². The van der Waals surface area contributed by atoms with Crippen molar-refractivity contribution >= 4 is 17.5 Å². The Balaban J connectivity index is 1.60. The second-order valence-corrected chi connectivity index (χ2v) is 8.22. The zero-order valence-corrected chi connectivity index (χ0v) is 17.1. The summed E-state index contributed by atoms with van der Waals surface area (Å²) < 4.78 is 0. The summed E-state index contributed by atoms with van der Waals surface area (Å²) in [5.41, 5.74) is 1.47. The second-order valence-electron chi connectivity index (χ2n) is 8.22. The molecule has 0 spiro atoms. The molecule has 0 bridgehead atoms. The van der Waals surface area contributed by atoms with Crippen molar-refractivity contribution in [3.8, 4) is 0 Å². The Morgan fingerprint density at radius 3 is 2.54 bits per heavy atom. The van der Waals surface area contributed by atoms with E-state index in [1.807, 2.05) is 30.3 Å². The molecule has 1 atom stereocenters. The highest BCUT2D eigenvalue weighted by Crippen LogP contribution is 2.18. The highest BCUT2D eigenvalue weighted by molar-refractivity contribution is 6.39. The van der Waals surface area contributed by atoms with Crippen molar-refractivity contribution in [2.24, 2.45) is 11.0 Å². The lowest BCUT2D eigenvalue weighted by atomic mass is 10.0. The van der Waals surface area contributed by atoms with Gasteiger partial charge in [-0.1, -0.05) is 44.2 Å². The van der Waals surface area contributed by atoms with Crippen LogP contribution < -0.4 is 5.32 Å². The predicted molar refractivity (Wildman–Crippen MR) is 111 cm³/mol. The second kappa shape index (κ2) is 9.82. The molecule has 1 aromatic carbocycles. The average molecular weight is 385 g/mol. The average Bonchev–Trinajstić information content (AvgIpc) is 3.22. The first-order valence-electron chi connectivity index (χ1n) is 10.5. The Bertz CT molecular complexity index is 696. The van der Waals surface area contributed by atoms with Gasteiger partial charge in [0.15, 0.2) is 0 Å². The monoisotopic (exact) mass is 384 g/mol. The van der Waals surface area contributed by atoms with Gasteiger partial charge in [-0.25, -0.2) is 5.01 Å². The van der Waals surface area contributed by atoms with Gasteiger partial charge in [0.05, 0.1) is 6.54 Å². The van der Waals surface area contributed by atoms with Crippen molar-refractivity contribution in [1.29, 1.82) is 0 Å². The van der Waals surface area contributed by atoms with Crippen LogP contribution >= 0.6 is 0 Å². The number of likely N-dealkylation sites (tertiary alicyclic amines) is 1. The minimum absolute atomic E-state index is 0.0323. The fraction of sp³-hybridized carbons (Fsp3) is 0.591. The maximum Gasteiger partial charge on any atom is 0.267 e. The molecule has 6 heteroatoms. The Morgan fingerprint density at radius 2 is 1.86 bits per heavy atom. The van der Waals surface area contributed by atoms with Gasteiger partial charge in [-0.3, -0.25) is 14.5 Å². The van der Waals surface area contributed by atoms with E-state index in [1.165, 1.54) is 17.9 Å². The van der Waals surface area contributed by atoms with E-state index in [0.29, 0.717) is 43.6 Å². The van der Waals surface area contributed by atoms with E-state index in [9.17, 15) is 9.59 Å². The van der Waals surface area contributed by atoms with Gasteiger partial charge < -0.3 is 5.32 Å². The first-order valence-corrected chi connectivity index (χ1v) is 10.5. The first-order chi connectivity index (χ1) is 13.5. The van der Waals surface area contributed by atoms with Crippen LogP contribution in [0.2, 0.25) is 0 Å². The summed E-state index contributed by atoms with van der Waals surface area (Å²) >= 11 is 0. The Kier molecular flexibility index (Phi) is 7.20. The van der Waals surface area contributed by atoms with Gasteiger partial charge in [-0.2, -0.15) is 5.10 Å². The quantitative estimate of drug-likeness (QED) is 0.750. The highest BCUT2D eigenvalue weighted by Gasteiger charge is 2.27. The molecule has 0 radical (unpaired) electrons. The van der Waals surface area contributed by atoms with Crippen LogP contribution in [0.3, 0.4) is 0 Å². The number of nitrogens with one attached hydrogen (secondary N) is 1. The molecule has 0 saturated carbocycles. The van der Waals surface area contributed by atoms with Crippen molar-refractivity contribution in [2.45, 2.75) is 58.5 Å². The number of nitrogens with zero attached hydrogens (tertiary/aromatic N) is 3. The molecule has 3 rings (SSSR count). The Labute approximate surface area is 168 Å².